The summed E-state index contributed by atoms with van der Waals surface area (Å²) in [6.45, 7) is 2.16. The van der Waals surface area contributed by atoms with Crippen molar-refractivity contribution in [2.45, 2.75) is 32.6 Å². The highest BCUT2D eigenvalue weighted by Crippen LogP contribution is 2.43. The zero-order chi connectivity index (χ0) is 9.31. The number of H-pyrrole nitrogens is 1. The van der Waals surface area contributed by atoms with Crippen LogP contribution in [0.5, 0.6) is 0 Å². The Morgan fingerprint density at radius 2 is 2.46 bits per heavy atom. The first kappa shape index (κ1) is 8.41. The number of nitrogens with zero attached hydrogens (tertiary/aromatic N) is 2. The average Bonchev–Trinajstić information content (AvgIpc) is 2.53. The normalized spacial score (nSPS) is 19.5. The first-order chi connectivity index (χ1) is 6.20. The third-order valence-electron chi connectivity index (χ3n) is 2.85. The molecule has 2 rings (SSSR count). The van der Waals surface area contributed by atoms with Gasteiger partial charge in [0.1, 0.15) is 5.69 Å². The molecule has 0 unspecified atom stereocenters. The molecule has 1 aliphatic rings. The van der Waals surface area contributed by atoms with Crippen molar-refractivity contribution >= 4 is 5.78 Å². The van der Waals surface area contributed by atoms with Gasteiger partial charge >= 0.3 is 0 Å². The van der Waals surface area contributed by atoms with Crippen molar-refractivity contribution < 1.29 is 4.79 Å². The van der Waals surface area contributed by atoms with E-state index in [2.05, 4.69) is 22.3 Å². The summed E-state index contributed by atoms with van der Waals surface area (Å²) in [7, 11) is 0. The number of ketones is 1. The molecule has 0 amide bonds. The molecule has 13 heavy (non-hydrogen) atoms. The molecule has 1 fully saturated rings. The van der Waals surface area contributed by atoms with Crippen LogP contribution in [0.15, 0.2) is 6.20 Å². The lowest BCUT2D eigenvalue weighted by Gasteiger charge is -2.37. The molecule has 0 aromatic carbocycles. The van der Waals surface area contributed by atoms with Crippen molar-refractivity contribution in [3.05, 3.63) is 11.9 Å². The molecule has 1 saturated carbocycles. The zero-order valence-corrected chi connectivity index (χ0v) is 7.71. The maximum atomic E-state index is 11.6. The minimum atomic E-state index is 0.107. The van der Waals surface area contributed by atoms with Crippen LogP contribution < -0.4 is 0 Å². The number of hydrogen-bond donors (Lipinski definition) is 1. The van der Waals surface area contributed by atoms with Crippen molar-refractivity contribution in [1.29, 1.82) is 0 Å². The summed E-state index contributed by atoms with van der Waals surface area (Å²) in [5.74, 6) is 0.107. The fourth-order valence-electron chi connectivity index (χ4n) is 1.77. The van der Waals surface area contributed by atoms with E-state index in [1.165, 1.54) is 12.6 Å². The van der Waals surface area contributed by atoms with Crippen LogP contribution in [0.3, 0.4) is 0 Å². The SMILES string of the molecule is CC1(CC(=O)c2cn[nH]n2)CCC1. The van der Waals surface area contributed by atoms with E-state index >= 15 is 0 Å². The Morgan fingerprint density at radius 1 is 1.69 bits per heavy atom. The molecule has 0 aliphatic heterocycles. The highest BCUT2D eigenvalue weighted by molar-refractivity contribution is 5.94. The van der Waals surface area contributed by atoms with Crippen LogP contribution in [-0.2, 0) is 0 Å². The summed E-state index contributed by atoms with van der Waals surface area (Å²) >= 11 is 0. The van der Waals surface area contributed by atoms with Gasteiger partial charge in [0.15, 0.2) is 5.78 Å². The van der Waals surface area contributed by atoms with E-state index in [0.717, 1.165) is 12.8 Å². The van der Waals surface area contributed by atoms with Crippen LogP contribution in [0.4, 0.5) is 0 Å². The van der Waals surface area contributed by atoms with Gasteiger partial charge in [-0.25, -0.2) is 0 Å². The predicted molar refractivity (Wildman–Crippen MR) is 47.3 cm³/mol. The van der Waals surface area contributed by atoms with E-state index in [0.29, 0.717) is 12.1 Å². The number of carbonyl (C=O) groups is 1. The highest BCUT2D eigenvalue weighted by atomic mass is 16.1. The van der Waals surface area contributed by atoms with Gasteiger partial charge < -0.3 is 0 Å². The summed E-state index contributed by atoms with van der Waals surface area (Å²) in [4.78, 5) is 11.6. The largest absolute Gasteiger partial charge is 0.292 e. The van der Waals surface area contributed by atoms with Gasteiger partial charge in [-0.2, -0.15) is 15.4 Å². The zero-order valence-electron chi connectivity index (χ0n) is 7.71. The number of nitrogens with one attached hydrogen (secondary N) is 1. The summed E-state index contributed by atoms with van der Waals surface area (Å²) in [5, 5.41) is 9.84. The topological polar surface area (TPSA) is 58.6 Å². The molecule has 0 spiro atoms. The number of aromatic amines is 1. The minimum Gasteiger partial charge on any atom is -0.292 e. The lowest BCUT2D eigenvalue weighted by molar-refractivity contribution is 0.0811. The minimum absolute atomic E-state index is 0.107. The van der Waals surface area contributed by atoms with E-state index in [-0.39, 0.29) is 11.2 Å². The number of Topliss-reactive ketones (excluding diaryl/α,β-unsaturated/α-hetero) is 1. The summed E-state index contributed by atoms with van der Waals surface area (Å²) in [5.41, 5.74) is 0.698. The monoisotopic (exact) mass is 179 g/mol. The summed E-state index contributed by atoms with van der Waals surface area (Å²) in [6, 6.07) is 0. The van der Waals surface area contributed by atoms with Crippen molar-refractivity contribution in [2.24, 2.45) is 5.41 Å². The maximum absolute atomic E-state index is 11.6. The third kappa shape index (κ3) is 1.61. The molecule has 4 heteroatoms. The van der Waals surface area contributed by atoms with Crippen LogP contribution in [0.1, 0.15) is 43.1 Å². The summed E-state index contributed by atoms with van der Waals surface area (Å²) < 4.78 is 0. The Labute approximate surface area is 76.7 Å². The number of carbonyl (C=O) groups excluding carboxylic acids is 1. The molecule has 1 aromatic heterocycles. The number of hydrogen-bond acceptors (Lipinski definition) is 3. The van der Waals surface area contributed by atoms with Crippen molar-refractivity contribution in [3.8, 4) is 0 Å². The highest BCUT2D eigenvalue weighted by Gasteiger charge is 2.34. The predicted octanol–water partition coefficient (Wildman–Crippen LogP) is 1.57. The van der Waals surface area contributed by atoms with Crippen LogP contribution in [-0.4, -0.2) is 21.2 Å². The fraction of sp³-hybridized carbons (Fsp3) is 0.667. The fourth-order valence-corrected chi connectivity index (χ4v) is 1.77. The molecule has 1 N–H and O–H groups in total. The lowest BCUT2D eigenvalue weighted by atomic mass is 9.67. The van der Waals surface area contributed by atoms with Crippen LogP contribution in [0, 0.1) is 5.41 Å². The molecular weight excluding hydrogens is 166 g/mol. The van der Waals surface area contributed by atoms with Gasteiger partial charge in [-0.15, -0.1) is 0 Å². The van der Waals surface area contributed by atoms with E-state index in [4.69, 9.17) is 0 Å². The second-order valence-corrected chi connectivity index (χ2v) is 4.12. The van der Waals surface area contributed by atoms with Gasteiger partial charge in [0.05, 0.1) is 6.20 Å². The molecule has 4 nitrogen and oxygen atoms in total. The Bertz CT molecular complexity index is 301. The molecule has 0 bridgehead atoms. The van der Waals surface area contributed by atoms with Crippen molar-refractivity contribution in [1.82, 2.24) is 15.4 Å². The van der Waals surface area contributed by atoms with Crippen LogP contribution in [0.2, 0.25) is 0 Å². The van der Waals surface area contributed by atoms with Gasteiger partial charge in [0.25, 0.3) is 0 Å². The van der Waals surface area contributed by atoms with Crippen molar-refractivity contribution in [2.75, 3.05) is 0 Å². The van der Waals surface area contributed by atoms with E-state index < -0.39 is 0 Å². The molecule has 1 aliphatic carbocycles. The molecule has 1 heterocycles. The third-order valence-corrected chi connectivity index (χ3v) is 2.85. The van der Waals surface area contributed by atoms with Gasteiger partial charge in [-0.3, -0.25) is 4.79 Å². The molecule has 1 aromatic rings. The van der Waals surface area contributed by atoms with Gasteiger partial charge in [0.2, 0.25) is 0 Å². The van der Waals surface area contributed by atoms with E-state index in [1.54, 1.807) is 0 Å². The summed E-state index contributed by atoms with van der Waals surface area (Å²) in [6.07, 6.45) is 5.68. The second-order valence-electron chi connectivity index (χ2n) is 4.12. The van der Waals surface area contributed by atoms with Crippen molar-refractivity contribution in [3.63, 3.8) is 0 Å². The Kier molecular flexibility index (Phi) is 1.90. The standard InChI is InChI=1S/C9H13N3O/c1-9(3-2-4-9)5-8(13)7-6-10-12-11-7/h6H,2-5H2,1H3,(H,10,11,12). The quantitative estimate of drug-likeness (QED) is 0.716. The lowest BCUT2D eigenvalue weighted by Crippen LogP contribution is -2.28. The second kappa shape index (κ2) is 2.94. The molecule has 0 atom stereocenters. The first-order valence-electron chi connectivity index (χ1n) is 4.59. The smallest absolute Gasteiger partial charge is 0.185 e. The molecular formula is C9H13N3O. The average molecular weight is 179 g/mol. The van der Waals surface area contributed by atoms with Crippen LogP contribution in [0.25, 0.3) is 0 Å². The number of aromatic nitrogens is 3. The van der Waals surface area contributed by atoms with E-state index in [9.17, 15) is 4.79 Å². The van der Waals surface area contributed by atoms with E-state index in [1.807, 2.05) is 0 Å². The maximum Gasteiger partial charge on any atom is 0.185 e. The Hall–Kier alpha value is -1.19. The molecule has 70 valence electrons. The first-order valence-corrected chi connectivity index (χ1v) is 4.59. The molecule has 0 saturated heterocycles. The molecule has 0 radical (unpaired) electrons. The number of rotatable bonds is 3. The Morgan fingerprint density at radius 3 is 2.92 bits per heavy atom. The van der Waals surface area contributed by atoms with Gasteiger partial charge in [0, 0.05) is 6.42 Å². The Balaban J connectivity index is 1.99. The van der Waals surface area contributed by atoms with Crippen LogP contribution >= 0.6 is 0 Å². The van der Waals surface area contributed by atoms with Gasteiger partial charge in [-0.05, 0) is 18.3 Å². The van der Waals surface area contributed by atoms with Gasteiger partial charge in [-0.1, -0.05) is 13.3 Å².